The van der Waals surface area contributed by atoms with Gasteiger partial charge >= 0.3 is 0 Å². The highest BCUT2D eigenvalue weighted by Gasteiger charge is 2.22. The highest BCUT2D eigenvalue weighted by molar-refractivity contribution is 4.77. The lowest BCUT2D eigenvalue weighted by molar-refractivity contribution is 0.0563. The second-order valence-corrected chi connectivity index (χ2v) is 5.03. The normalized spacial score (nSPS) is 23.6. The molecule has 0 aliphatic carbocycles. The second kappa shape index (κ2) is 8.04. The van der Waals surface area contributed by atoms with Crippen LogP contribution in [0.2, 0.25) is 0 Å². The van der Waals surface area contributed by atoms with Gasteiger partial charge < -0.3 is 9.84 Å². The summed E-state index contributed by atoms with van der Waals surface area (Å²) >= 11 is 0. The van der Waals surface area contributed by atoms with E-state index < -0.39 is 0 Å². The zero-order valence-electron chi connectivity index (χ0n) is 10.8. The lowest BCUT2D eigenvalue weighted by Gasteiger charge is -2.32. The minimum atomic E-state index is 0.133. The molecule has 1 saturated heterocycles. The van der Waals surface area contributed by atoms with E-state index in [2.05, 4.69) is 18.7 Å². The molecule has 0 amide bonds. The van der Waals surface area contributed by atoms with Crippen LogP contribution < -0.4 is 0 Å². The maximum absolute atomic E-state index is 8.65. The van der Waals surface area contributed by atoms with E-state index in [-0.39, 0.29) is 6.61 Å². The quantitative estimate of drug-likeness (QED) is 0.706. The van der Waals surface area contributed by atoms with Crippen molar-refractivity contribution in [2.75, 3.05) is 32.9 Å². The summed E-state index contributed by atoms with van der Waals surface area (Å²) in [5, 5.41) is 8.65. The minimum Gasteiger partial charge on any atom is -0.394 e. The fourth-order valence-corrected chi connectivity index (χ4v) is 2.57. The molecule has 1 aliphatic rings. The molecule has 96 valence electrons. The van der Waals surface area contributed by atoms with Gasteiger partial charge in [0, 0.05) is 12.6 Å². The molecule has 1 unspecified atom stereocenters. The maximum atomic E-state index is 8.65. The maximum Gasteiger partial charge on any atom is 0.0698 e. The largest absolute Gasteiger partial charge is 0.394 e. The van der Waals surface area contributed by atoms with Gasteiger partial charge in [-0.15, -0.1) is 0 Å². The number of hydrogen-bond acceptors (Lipinski definition) is 3. The average molecular weight is 229 g/mol. The van der Waals surface area contributed by atoms with Gasteiger partial charge in [0.2, 0.25) is 0 Å². The Balaban J connectivity index is 2.32. The van der Waals surface area contributed by atoms with Crippen molar-refractivity contribution in [3.05, 3.63) is 0 Å². The van der Waals surface area contributed by atoms with Crippen LogP contribution in [0.1, 0.15) is 39.5 Å². The third kappa shape index (κ3) is 4.81. The van der Waals surface area contributed by atoms with E-state index in [0.29, 0.717) is 6.61 Å². The molecule has 0 aromatic heterocycles. The topological polar surface area (TPSA) is 32.7 Å². The Kier molecular flexibility index (Phi) is 7.01. The van der Waals surface area contributed by atoms with Crippen LogP contribution in [-0.2, 0) is 4.74 Å². The smallest absolute Gasteiger partial charge is 0.0698 e. The fraction of sp³-hybridized carbons (Fsp3) is 1.00. The first kappa shape index (κ1) is 13.9. The monoisotopic (exact) mass is 229 g/mol. The predicted molar refractivity (Wildman–Crippen MR) is 66.6 cm³/mol. The molecule has 0 bridgehead atoms. The molecule has 1 heterocycles. The molecule has 0 aromatic carbocycles. The first-order valence-electron chi connectivity index (χ1n) is 6.68. The number of aliphatic hydroxyl groups is 1. The van der Waals surface area contributed by atoms with Gasteiger partial charge in [0.1, 0.15) is 0 Å². The van der Waals surface area contributed by atoms with Crippen molar-refractivity contribution in [3.63, 3.8) is 0 Å². The summed E-state index contributed by atoms with van der Waals surface area (Å²) in [7, 11) is 0. The van der Waals surface area contributed by atoms with Gasteiger partial charge in [-0.2, -0.15) is 0 Å². The van der Waals surface area contributed by atoms with E-state index >= 15 is 0 Å². The Morgan fingerprint density at radius 2 is 2.06 bits per heavy atom. The molecule has 0 aromatic rings. The molecule has 1 atom stereocenters. The summed E-state index contributed by atoms with van der Waals surface area (Å²) < 4.78 is 5.36. The summed E-state index contributed by atoms with van der Waals surface area (Å²) in [4.78, 5) is 2.58. The zero-order valence-corrected chi connectivity index (χ0v) is 10.8. The molecule has 1 aliphatic heterocycles. The molecule has 1 N–H and O–H groups in total. The first-order chi connectivity index (χ1) is 7.75. The van der Waals surface area contributed by atoms with Crippen molar-refractivity contribution >= 4 is 0 Å². The van der Waals surface area contributed by atoms with Crippen LogP contribution in [0.15, 0.2) is 0 Å². The van der Waals surface area contributed by atoms with Gasteiger partial charge in [-0.05, 0) is 25.3 Å². The van der Waals surface area contributed by atoms with Crippen LogP contribution >= 0.6 is 0 Å². The lowest BCUT2D eigenvalue weighted by Crippen LogP contribution is -2.40. The Bertz CT molecular complexity index is 173. The summed E-state index contributed by atoms with van der Waals surface area (Å²) in [6, 6.07) is 0.722. The van der Waals surface area contributed by atoms with Gasteiger partial charge in [0.05, 0.1) is 19.8 Å². The Hall–Kier alpha value is -0.120. The third-order valence-corrected chi connectivity index (χ3v) is 3.44. The molecule has 1 fully saturated rings. The van der Waals surface area contributed by atoms with Gasteiger partial charge in [-0.1, -0.05) is 26.7 Å². The van der Waals surface area contributed by atoms with E-state index in [1.165, 1.54) is 32.2 Å². The Morgan fingerprint density at radius 1 is 1.25 bits per heavy atom. The fourth-order valence-electron chi connectivity index (χ4n) is 2.57. The van der Waals surface area contributed by atoms with Crippen molar-refractivity contribution in [1.82, 2.24) is 4.90 Å². The first-order valence-corrected chi connectivity index (χ1v) is 6.68. The van der Waals surface area contributed by atoms with E-state index in [1.54, 1.807) is 0 Å². The molecule has 0 spiro atoms. The average Bonchev–Trinajstić information content (AvgIpc) is 2.49. The van der Waals surface area contributed by atoms with Crippen LogP contribution in [0.3, 0.4) is 0 Å². The summed E-state index contributed by atoms with van der Waals surface area (Å²) in [5.41, 5.74) is 0. The standard InChI is InChI=1S/C13H27NO2/c1-12(2)13-6-4-3-5-7-14(13)8-10-16-11-9-15/h12-13,15H,3-11H2,1-2H3. The van der Waals surface area contributed by atoms with Crippen molar-refractivity contribution in [2.24, 2.45) is 5.92 Å². The van der Waals surface area contributed by atoms with Crippen LogP contribution in [0.25, 0.3) is 0 Å². The van der Waals surface area contributed by atoms with Crippen LogP contribution in [0.5, 0.6) is 0 Å². The van der Waals surface area contributed by atoms with Gasteiger partial charge in [-0.3, -0.25) is 4.90 Å². The van der Waals surface area contributed by atoms with E-state index in [9.17, 15) is 0 Å². The number of likely N-dealkylation sites (tertiary alicyclic amines) is 1. The number of aliphatic hydroxyl groups excluding tert-OH is 1. The summed E-state index contributed by atoms with van der Waals surface area (Å²) in [6.45, 7) is 8.22. The van der Waals surface area contributed by atoms with E-state index in [1.807, 2.05) is 0 Å². The Labute approximate surface area is 99.8 Å². The molecular formula is C13H27NO2. The number of rotatable bonds is 6. The van der Waals surface area contributed by atoms with Crippen molar-refractivity contribution in [1.29, 1.82) is 0 Å². The molecule has 0 radical (unpaired) electrons. The highest BCUT2D eigenvalue weighted by Crippen LogP contribution is 2.22. The summed E-state index contributed by atoms with van der Waals surface area (Å²) in [6.07, 6.45) is 5.40. The molecule has 16 heavy (non-hydrogen) atoms. The molecule has 0 saturated carbocycles. The van der Waals surface area contributed by atoms with Gasteiger partial charge in [-0.25, -0.2) is 0 Å². The predicted octanol–water partition coefficient (Wildman–Crippen LogP) is 1.90. The van der Waals surface area contributed by atoms with Gasteiger partial charge in [0.15, 0.2) is 0 Å². The zero-order chi connectivity index (χ0) is 11.8. The van der Waals surface area contributed by atoms with E-state index in [4.69, 9.17) is 9.84 Å². The number of hydrogen-bond donors (Lipinski definition) is 1. The van der Waals surface area contributed by atoms with E-state index in [0.717, 1.165) is 25.1 Å². The molecular weight excluding hydrogens is 202 g/mol. The molecule has 1 rings (SSSR count). The SMILES string of the molecule is CC(C)C1CCCCCN1CCOCCO. The van der Waals surface area contributed by atoms with Crippen molar-refractivity contribution in [2.45, 2.75) is 45.6 Å². The number of nitrogens with zero attached hydrogens (tertiary/aromatic N) is 1. The Morgan fingerprint density at radius 3 is 2.75 bits per heavy atom. The van der Waals surface area contributed by atoms with Crippen LogP contribution in [-0.4, -0.2) is 49.0 Å². The third-order valence-electron chi connectivity index (χ3n) is 3.44. The summed E-state index contributed by atoms with van der Waals surface area (Å²) in [5.74, 6) is 0.732. The number of ether oxygens (including phenoxy) is 1. The molecule has 3 heteroatoms. The van der Waals surface area contributed by atoms with Crippen LogP contribution in [0, 0.1) is 5.92 Å². The molecule has 3 nitrogen and oxygen atoms in total. The van der Waals surface area contributed by atoms with Gasteiger partial charge in [0.25, 0.3) is 0 Å². The van der Waals surface area contributed by atoms with Crippen molar-refractivity contribution < 1.29 is 9.84 Å². The highest BCUT2D eigenvalue weighted by atomic mass is 16.5. The minimum absolute atomic E-state index is 0.133. The second-order valence-electron chi connectivity index (χ2n) is 5.03. The van der Waals surface area contributed by atoms with Crippen LogP contribution in [0.4, 0.5) is 0 Å². The van der Waals surface area contributed by atoms with Crippen molar-refractivity contribution in [3.8, 4) is 0 Å². The lowest BCUT2D eigenvalue weighted by atomic mass is 9.98.